The van der Waals surface area contributed by atoms with Gasteiger partial charge in [-0.2, -0.15) is 13.2 Å². The smallest absolute Gasteiger partial charge is 0.417 e. The Hall–Kier alpha value is -2.76. The molecule has 0 aliphatic heterocycles. The number of rotatable bonds is 3. The summed E-state index contributed by atoms with van der Waals surface area (Å²) in [7, 11) is 3.49. The second-order valence-corrected chi connectivity index (χ2v) is 5.54. The standard InChI is InChI=1S/C18H15F3N2O/c1-23(2)17-15(10-14(11-22-17)18(19,20)21)12-5-7-13(8-6-12)16-4-3-9-24-16/h3-11H,1-2H3. The molecule has 0 N–H and O–H groups in total. The van der Waals surface area contributed by atoms with Crippen molar-refractivity contribution < 1.29 is 17.6 Å². The summed E-state index contributed by atoms with van der Waals surface area (Å²) in [6.07, 6.45) is -2.00. The van der Waals surface area contributed by atoms with Crippen LogP contribution in [0.4, 0.5) is 19.0 Å². The molecule has 0 saturated carbocycles. The minimum atomic E-state index is -4.43. The molecule has 0 aliphatic rings. The lowest BCUT2D eigenvalue weighted by molar-refractivity contribution is -0.137. The van der Waals surface area contributed by atoms with Gasteiger partial charge in [0.15, 0.2) is 0 Å². The lowest BCUT2D eigenvalue weighted by Crippen LogP contribution is -2.14. The van der Waals surface area contributed by atoms with Crippen molar-refractivity contribution in [2.24, 2.45) is 0 Å². The molecule has 0 amide bonds. The molecule has 3 rings (SSSR count). The van der Waals surface area contributed by atoms with E-state index in [0.29, 0.717) is 22.7 Å². The van der Waals surface area contributed by atoms with Crippen molar-refractivity contribution in [3.8, 4) is 22.5 Å². The molecule has 0 unspecified atom stereocenters. The van der Waals surface area contributed by atoms with Gasteiger partial charge in [-0.3, -0.25) is 0 Å². The summed E-state index contributed by atoms with van der Waals surface area (Å²) < 4.78 is 44.3. The summed E-state index contributed by atoms with van der Waals surface area (Å²) in [5.41, 5.74) is 1.18. The maximum absolute atomic E-state index is 13.0. The van der Waals surface area contributed by atoms with E-state index in [1.165, 1.54) is 0 Å². The molecule has 0 spiro atoms. The van der Waals surface area contributed by atoms with Gasteiger partial charge in [-0.1, -0.05) is 24.3 Å². The van der Waals surface area contributed by atoms with Gasteiger partial charge in [0.05, 0.1) is 11.8 Å². The Morgan fingerprint density at radius 3 is 2.21 bits per heavy atom. The Bertz CT molecular complexity index is 822. The predicted octanol–water partition coefficient (Wildman–Crippen LogP) is 5.09. The van der Waals surface area contributed by atoms with E-state index in [2.05, 4.69) is 4.98 Å². The molecule has 0 radical (unpaired) electrons. The zero-order valence-electron chi connectivity index (χ0n) is 13.1. The summed E-state index contributed by atoms with van der Waals surface area (Å²) in [6.45, 7) is 0. The van der Waals surface area contributed by atoms with E-state index in [0.717, 1.165) is 17.8 Å². The van der Waals surface area contributed by atoms with Crippen LogP contribution in [0.15, 0.2) is 59.3 Å². The zero-order valence-corrected chi connectivity index (χ0v) is 13.1. The highest BCUT2D eigenvalue weighted by Gasteiger charge is 2.32. The quantitative estimate of drug-likeness (QED) is 0.669. The first kappa shape index (κ1) is 16.1. The van der Waals surface area contributed by atoms with Gasteiger partial charge in [-0.25, -0.2) is 4.98 Å². The van der Waals surface area contributed by atoms with Gasteiger partial charge in [0.1, 0.15) is 11.6 Å². The fraction of sp³-hybridized carbons (Fsp3) is 0.167. The number of pyridine rings is 1. The third kappa shape index (κ3) is 3.13. The topological polar surface area (TPSA) is 29.3 Å². The maximum Gasteiger partial charge on any atom is 0.417 e. The molecule has 1 aromatic carbocycles. The largest absolute Gasteiger partial charge is 0.464 e. The number of anilines is 1. The summed E-state index contributed by atoms with van der Waals surface area (Å²) in [4.78, 5) is 5.67. The number of nitrogens with zero attached hydrogens (tertiary/aromatic N) is 2. The van der Waals surface area contributed by atoms with Crippen LogP contribution in [0.2, 0.25) is 0 Å². The monoisotopic (exact) mass is 332 g/mol. The number of hydrogen-bond acceptors (Lipinski definition) is 3. The normalized spacial score (nSPS) is 11.5. The predicted molar refractivity (Wildman–Crippen MR) is 86.7 cm³/mol. The molecule has 0 saturated heterocycles. The molecule has 0 atom stereocenters. The molecule has 0 aliphatic carbocycles. The first-order chi connectivity index (χ1) is 11.4. The van der Waals surface area contributed by atoms with Crippen molar-refractivity contribution in [1.82, 2.24) is 4.98 Å². The minimum absolute atomic E-state index is 0.431. The van der Waals surface area contributed by atoms with E-state index < -0.39 is 11.7 Å². The second-order valence-electron chi connectivity index (χ2n) is 5.54. The van der Waals surface area contributed by atoms with Crippen LogP contribution in [-0.4, -0.2) is 19.1 Å². The molecular weight excluding hydrogens is 317 g/mol. The highest BCUT2D eigenvalue weighted by molar-refractivity contribution is 5.77. The van der Waals surface area contributed by atoms with E-state index in [4.69, 9.17) is 4.42 Å². The SMILES string of the molecule is CN(C)c1ncc(C(F)(F)F)cc1-c1ccc(-c2ccco2)cc1. The van der Waals surface area contributed by atoms with Gasteiger partial charge in [0, 0.05) is 31.4 Å². The lowest BCUT2D eigenvalue weighted by atomic mass is 10.0. The van der Waals surface area contributed by atoms with Crippen molar-refractivity contribution in [2.45, 2.75) is 6.18 Å². The summed E-state index contributed by atoms with van der Waals surface area (Å²) in [5.74, 6) is 1.19. The van der Waals surface area contributed by atoms with E-state index in [-0.39, 0.29) is 0 Å². The number of aromatic nitrogens is 1. The van der Waals surface area contributed by atoms with Crippen LogP contribution in [0.5, 0.6) is 0 Å². The van der Waals surface area contributed by atoms with E-state index in [1.54, 1.807) is 43.5 Å². The van der Waals surface area contributed by atoms with Crippen molar-refractivity contribution in [3.63, 3.8) is 0 Å². The Labute approximate surface area is 137 Å². The molecule has 6 heteroatoms. The third-order valence-corrected chi connectivity index (χ3v) is 3.62. The molecule has 3 nitrogen and oxygen atoms in total. The fourth-order valence-corrected chi connectivity index (χ4v) is 2.44. The minimum Gasteiger partial charge on any atom is -0.464 e. The molecule has 2 heterocycles. The zero-order chi connectivity index (χ0) is 17.3. The highest BCUT2D eigenvalue weighted by Crippen LogP contribution is 2.36. The summed E-state index contributed by atoms with van der Waals surface area (Å²) >= 11 is 0. The first-order valence-corrected chi connectivity index (χ1v) is 7.25. The van der Waals surface area contributed by atoms with Gasteiger partial charge in [-0.15, -0.1) is 0 Å². The molecule has 2 aromatic heterocycles. The van der Waals surface area contributed by atoms with E-state index >= 15 is 0 Å². The van der Waals surface area contributed by atoms with Gasteiger partial charge in [0.2, 0.25) is 0 Å². The van der Waals surface area contributed by atoms with Gasteiger partial charge in [-0.05, 0) is 23.8 Å². The average molecular weight is 332 g/mol. The van der Waals surface area contributed by atoms with Crippen molar-refractivity contribution >= 4 is 5.82 Å². The Balaban J connectivity index is 2.06. The Kier molecular flexibility index (Phi) is 4.05. The van der Waals surface area contributed by atoms with Crippen molar-refractivity contribution in [3.05, 3.63) is 60.5 Å². The molecule has 124 valence electrons. The number of furan rings is 1. The lowest BCUT2D eigenvalue weighted by Gasteiger charge is -2.18. The molecule has 0 bridgehead atoms. The van der Waals surface area contributed by atoms with E-state index in [1.807, 2.05) is 18.2 Å². The van der Waals surface area contributed by atoms with Gasteiger partial charge >= 0.3 is 6.18 Å². The summed E-state index contributed by atoms with van der Waals surface area (Å²) in [6, 6.07) is 11.9. The number of hydrogen-bond donors (Lipinski definition) is 0. The number of benzene rings is 1. The first-order valence-electron chi connectivity index (χ1n) is 7.25. The van der Waals surface area contributed by atoms with Crippen LogP contribution in [0.25, 0.3) is 22.5 Å². The molecule has 24 heavy (non-hydrogen) atoms. The Morgan fingerprint density at radius 1 is 1.00 bits per heavy atom. The maximum atomic E-state index is 13.0. The highest BCUT2D eigenvalue weighted by atomic mass is 19.4. The number of halogens is 3. The molecule has 3 aromatic rings. The van der Waals surface area contributed by atoms with Crippen LogP contribution >= 0.6 is 0 Å². The average Bonchev–Trinajstić information content (AvgIpc) is 3.08. The Morgan fingerprint density at radius 2 is 1.67 bits per heavy atom. The van der Waals surface area contributed by atoms with E-state index in [9.17, 15) is 13.2 Å². The van der Waals surface area contributed by atoms with Crippen LogP contribution < -0.4 is 4.90 Å². The van der Waals surface area contributed by atoms with Crippen LogP contribution in [0, 0.1) is 0 Å². The van der Waals surface area contributed by atoms with Crippen LogP contribution in [-0.2, 0) is 6.18 Å². The van der Waals surface area contributed by atoms with Gasteiger partial charge < -0.3 is 9.32 Å². The number of alkyl halides is 3. The summed E-state index contributed by atoms with van der Waals surface area (Å²) in [5, 5.41) is 0. The third-order valence-electron chi connectivity index (χ3n) is 3.62. The van der Waals surface area contributed by atoms with Crippen LogP contribution in [0.3, 0.4) is 0 Å². The fourth-order valence-electron chi connectivity index (χ4n) is 2.44. The molecular formula is C18H15F3N2O. The molecule has 0 fully saturated rings. The van der Waals surface area contributed by atoms with Crippen molar-refractivity contribution in [1.29, 1.82) is 0 Å². The van der Waals surface area contributed by atoms with Gasteiger partial charge in [0.25, 0.3) is 0 Å². The second kappa shape index (κ2) is 6.03. The van der Waals surface area contributed by atoms with Crippen LogP contribution in [0.1, 0.15) is 5.56 Å². The van der Waals surface area contributed by atoms with Crippen molar-refractivity contribution in [2.75, 3.05) is 19.0 Å².